The van der Waals surface area contributed by atoms with Crippen LogP contribution in [0.3, 0.4) is 0 Å². The SMILES string of the molecule is CC(=O)NC1CC1c1ccc(O)cc1. The van der Waals surface area contributed by atoms with Gasteiger partial charge in [-0.25, -0.2) is 0 Å². The molecule has 0 spiro atoms. The second-order valence-electron chi connectivity index (χ2n) is 3.74. The summed E-state index contributed by atoms with van der Waals surface area (Å²) in [6, 6.07) is 7.46. The Morgan fingerprint density at radius 1 is 1.43 bits per heavy atom. The quantitative estimate of drug-likeness (QED) is 0.742. The zero-order valence-electron chi connectivity index (χ0n) is 8.03. The Hall–Kier alpha value is -1.51. The smallest absolute Gasteiger partial charge is 0.217 e. The van der Waals surface area contributed by atoms with Gasteiger partial charge in [0.2, 0.25) is 5.91 Å². The van der Waals surface area contributed by atoms with Crippen LogP contribution in [0.25, 0.3) is 0 Å². The van der Waals surface area contributed by atoms with Crippen molar-refractivity contribution in [3.05, 3.63) is 29.8 Å². The first-order valence-corrected chi connectivity index (χ1v) is 4.73. The van der Waals surface area contributed by atoms with Gasteiger partial charge in [-0.1, -0.05) is 12.1 Å². The Bertz CT molecular complexity index is 345. The molecule has 2 rings (SSSR count). The molecule has 0 radical (unpaired) electrons. The molecule has 2 atom stereocenters. The lowest BCUT2D eigenvalue weighted by atomic mass is 10.1. The van der Waals surface area contributed by atoms with Crippen molar-refractivity contribution < 1.29 is 9.90 Å². The molecule has 2 unspecified atom stereocenters. The molecule has 0 saturated heterocycles. The Balaban J connectivity index is 1.99. The van der Waals surface area contributed by atoms with Crippen molar-refractivity contribution in [1.82, 2.24) is 5.32 Å². The van der Waals surface area contributed by atoms with Gasteiger partial charge in [0.15, 0.2) is 0 Å². The summed E-state index contributed by atoms with van der Waals surface area (Å²) < 4.78 is 0. The summed E-state index contributed by atoms with van der Waals surface area (Å²) in [4.78, 5) is 10.8. The molecule has 0 aromatic heterocycles. The second kappa shape index (κ2) is 3.33. The molecule has 74 valence electrons. The average molecular weight is 191 g/mol. The number of benzene rings is 1. The molecule has 0 aliphatic heterocycles. The lowest BCUT2D eigenvalue weighted by Crippen LogP contribution is -2.23. The maximum atomic E-state index is 10.8. The lowest BCUT2D eigenvalue weighted by molar-refractivity contribution is -0.119. The number of carbonyl (C=O) groups is 1. The number of nitrogens with one attached hydrogen (secondary N) is 1. The molecule has 0 bridgehead atoms. The number of phenols is 1. The van der Waals surface area contributed by atoms with Crippen LogP contribution in [0.5, 0.6) is 5.75 Å². The third kappa shape index (κ3) is 1.87. The minimum Gasteiger partial charge on any atom is -0.508 e. The van der Waals surface area contributed by atoms with Crippen molar-refractivity contribution in [2.75, 3.05) is 0 Å². The van der Waals surface area contributed by atoms with Crippen molar-refractivity contribution in [2.45, 2.75) is 25.3 Å². The van der Waals surface area contributed by atoms with Gasteiger partial charge in [-0.2, -0.15) is 0 Å². The van der Waals surface area contributed by atoms with Crippen molar-refractivity contribution in [3.63, 3.8) is 0 Å². The van der Waals surface area contributed by atoms with E-state index in [2.05, 4.69) is 5.32 Å². The van der Waals surface area contributed by atoms with Crippen LogP contribution in [0.4, 0.5) is 0 Å². The highest BCUT2D eigenvalue weighted by Crippen LogP contribution is 2.40. The van der Waals surface area contributed by atoms with Gasteiger partial charge in [0, 0.05) is 18.9 Å². The summed E-state index contributed by atoms with van der Waals surface area (Å²) in [7, 11) is 0. The fourth-order valence-corrected chi connectivity index (χ4v) is 1.71. The predicted molar refractivity (Wildman–Crippen MR) is 53.1 cm³/mol. The zero-order chi connectivity index (χ0) is 10.1. The minimum absolute atomic E-state index is 0.0243. The predicted octanol–water partition coefficient (Wildman–Crippen LogP) is 1.38. The van der Waals surface area contributed by atoms with Crippen LogP contribution in [0, 0.1) is 0 Å². The molecule has 1 fully saturated rings. The van der Waals surface area contributed by atoms with Crippen molar-refractivity contribution in [2.24, 2.45) is 0 Å². The van der Waals surface area contributed by atoms with Gasteiger partial charge in [-0.05, 0) is 24.1 Å². The highest BCUT2D eigenvalue weighted by atomic mass is 16.3. The fraction of sp³-hybridized carbons (Fsp3) is 0.364. The topological polar surface area (TPSA) is 49.3 Å². The first-order valence-electron chi connectivity index (χ1n) is 4.73. The average Bonchev–Trinajstić information content (AvgIpc) is 2.84. The van der Waals surface area contributed by atoms with Crippen LogP contribution >= 0.6 is 0 Å². The maximum absolute atomic E-state index is 10.8. The van der Waals surface area contributed by atoms with Crippen LogP contribution in [-0.2, 0) is 4.79 Å². The molecule has 3 heteroatoms. The number of hydrogen-bond donors (Lipinski definition) is 2. The molecular weight excluding hydrogens is 178 g/mol. The van der Waals surface area contributed by atoms with Crippen LogP contribution in [0.1, 0.15) is 24.8 Å². The van der Waals surface area contributed by atoms with Crippen LogP contribution in [0.2, 0.25) is 0 Å². The van der Waals surface area contributed by atoms with E-state index in [1.54, 1.807) is 12.1 Å². The standard InChI is InChI=1S/C11H13NO2/c1-7(13)12-11-6-10(11)8-2-4-9(14)5-3-8/h2-5,10-11,14H,6H2,1H3,(H,12,13). The van der Waals surface area contributed by atoms with Crippen LogP contribution in [-0.4, -0.2) is 17.1 Å². The van der Waals surface area contributed by atoms with E-state index in [0.29, 0.717) is 5.92 Å². The molecule has 1 aromatic carbocycles. The zero-order valence-corrected chi connectivity index (χ0v) is 8.03. The number of amides is 1. The number of phenolic OH excluding ortho intramolecular Hbond substituents is 1. The second-order valence-corrected chi connectivity index (χ2v) is 3.74. The molecule has 3 nitrogen and oxygen atoms in total. The first kappa shape index (κ1) is 9.06. The monoisotopic (exact) mass is 191 g/mol. The summed E-state index contributed by atoms with van der Waals surface area (Å²) in [5.74, 6) is 0.737. The van der Waals surface area contributed by atoms with E-state index < -0.39 is 0 Å². The van der Waals surface area contributed by atoms with E-state index in [-0.39, 0.29) is 17.7 Å². The Kier molecular flexibility index (Phi) is 2.15. The van der Waals surface area contributed by atoms with E-state index in [1.165, 1.54) is 12.5 Å². The number of aromatic hydroxyl groups is 1. The van der Waals surface area contributed by atoms with Gasteiger partial charge < -0.3 is 10.4 Å². The summed E-state index contributed by atoms with van der Waals surface area (Å²) in [5, 5.41) is 12.0. The van der Waals surface area contributed by atoms with Gasteiger partial charge in [-0.15, -0.1) is 0 Å². The lowest BCUT2D eigenvalue weighted by Gasteiger charge is -2.01. The first-order chi connectivity index (χ1) is 6.66. The van der Waals surface area contributed by atoms with E-state index in [0.717, 1.165) is 6.42 Å². The van der Waals surface area contributed by atoms with E-state index in [9.17, 15) is 4.79 Å². The summed E-state index contributed by atoms with van der Waals surface area (Å²) in [5.41, 5.74) is 1.18. The van der Waals surface area contributed by atoms with Gasteiger partial charge >= 0.3 is 0 Å². The largest absolute Gasteiger partial charge is 0.508 e. The summed E-state index contributed by atoms with van der Waals surface area (Å²) in [6.45, 7) is 1.53. The third-order valence-corrected chi connectivity index (χ3v) is 2.50. The number of rotatable bonds is 2. The van der Waals surface area contributed by atoms with Crippen molar-refractivity contribution >= 4 is 5.91 Å². The van der Waals surface area contributed by atoms with Crippen molar-refractivity contribution in [3.8, 4) is 5.75 Å². The van der Waals surface area contributed by atoms with E-state index in [1.807, 2.05) is 12.1 Å². The molecule has 14 heavy (non-hydrogen) atoms. The van der Waals surface area contributed by atoms with Gasteiger partial charge in [-0.3, -0.25) is 4.79 Å². The Labute approximate surface area is 82.8 Å². The molecule has 2 N–H and O–H groups in total. The summed E-state index contributed by atoms with van der Waals surface area (Å²) in [6.07, 6.45) is 1.00. The van der Waals surface area contributed by atoms with E-state index in [4.69, 9.17) is 5.11 Å². The molecule has 1 aromatic rings. The van der Waals surface area contributed by atoms with Crippen molar-refractivity contribution in [1.29, 1.82) is 0 Å². The maximum Gasteiger partial charge on any atom is 0.217 e. The van der Waals surface area contributed by atoms with Gasteiger partial charge in [0.25, 0.3) is 0 Å². The van der Waals surface area contributed by atoms with Gasteiger partial charge in [0.05, 0.1) is 0 Å². The highest BCUT2D eigenvalue weighted by molar-refractivity contribution is 5.73. The molecular formula is C11H13NO2. The third-order valence-electron chi connectivity index (χ3n) is 2.50. The fourth-order valence-electron chi connectivity index (χ4n) is 1.71. The summed E-state index contributed by atoms with van der Waals surface area (Å²) >= 11 is 0. The number of hydrogen-bond acceptors (Lipinski definition) is 2. The van der Waals surface area contributed by atoms with Crippen LogP contribution in [0.15, 0.2) is 24.3 Å². The normalized spacial score (nSPS) is 24.4. The van der Waals surface area contributed by atoms with Gasteiger partial charge in [0.1, 0.15) is 5.75 Å². The van der Waals surface area contributed by atoms with E-state index >= 15 is 0 Å². The molecule has 1 saturated carbocycles. The Morgan fingerprint density at radius 3 is 2.64 bits per heavy atom. The molecule has 1 aliphatic rings. The Morgan fingerprint density at radius 2 is 2.07 bits per heavy atom. The minimum atomic E-state index is 0.0243. The molecule has 1 aliphatic carbocycles. The molecule has 1 amide bonds. The van der Waals surface area contributed by atoms with Crippen LogP contribution < -0.4 is 5.32 Å². The molecule has 0 heterocycles. The highest BCUT2D eigenvalue weighted by Gasteiger charge is 2.38. The number of carbonyl (C=O) groups excluding carboxylic acids is 1.